The third-order valence-corrected chi connectivity index (χ3v) is 3.23. The highest BCUT2D eigenvalue weighted by molar-refractivity contribution is 5.69. The molecule has 1 aromatic heterocycles. The molecule has 7 heteroatoms. The number of hydrogen-bond donors (Lipinski definition) is 3. The van der Waals surface area contributed by atoms with Crippen molar-refractivity contribution in [3.05, 3.63) is 41.8 Å². The maximum absolute atomic E-state index is 13.1. The number of nitrogen functional groups attached to an aromatic ring is 1. The van der Waals surface area contributed by atoms with Gasteiger partial charge in [-0.2, -0.15) is 0 Å². The predicted octanol–water partition coefficient (Wildman–Crippen LogP) is 2.81. The summed E-state index contributed by atoms with van der Waals surface area (Å²) >= 11 is 0. The first kappa shape index (κ1) is 18.0. The van der Waals surface area contributed by atoms with Crippen molar-refractivity contribution in [3.63, 3.8) is 0 Å². The van der Waals surface area contributed by atoms with E-state index in [1.165, 1.54) is 6.07 Å². The largest absolute Gasteiger partial charge is 0.439 e. The molecule has 6 nitrogen and oxygen atoms in total. The van der Waals surface area contributed by atoms with Crippen LogP contribution in [-0.2, 0) is 6.61 Å². The van der Waals surface area contributed by atoms with E-state index < -0.39 is 5.82 Å². The summed E-state index contributed by atoms with van der Waals surface area (Å²) in [5, 5.41) is 10.9. The fourth-order valence-corrected chi connectivity index (χ4v) is 2.24. The first-order chi connectivity index (χ1) is 11.2. The number of halogens is 1. The summed E-state index contributed by atoms with van der Waals surface area (Å²) in [4.78, 5) is 3.85. The molecule has 0 atom stereocenters. The quantitative estimate of drug-likeness (QED) is 0.442. The van der Waals surface area contributed by atoms with Gasteiger partial charge in [-0.25, -0.2) is 15.2 Å². The third kappa shape index (κ3) is 4.56. The Morgan fingerprint density at radius 2 is 2.00 bits per heavy atom. The Balaban J connectivity index is 2.21. The van der Waals surface area contributed by atoms with E-state index in [4.69, 9.17) is 16.3 Å². The van der Waals surface area contributed by atoms with Crippen molar-refractivity contribution in [2.75, 3.05) is 17.3 Å². The van der Waals surface area contributed by atoms with Gasteiger partial charge in [-0.1, -0.05) is 20.8 Å². The second-order valence-corrected chi connectivity index (χ2v) is 6.79. The molecule has 130 valence electrons. The summed E-state index contributed by atoms with van der Waals surface area (Å²) in [7, 11) is 0. The van der Waals surface area contributed by atoms with Crippen molar-refractivity contribution in [1.29, 1.82) is 0 Å². The number of nitrogens with two attached hydrogens (primary N) is 2. The molecule has 0 spiro atoms. The van der Waals surface area contributed by atoms with Crippen LogP contribution in [0.25, 0.3) is 0 Å². The molecule has 1 heterocycles. The molecular formula is C17H23FN4O2. The van der Waals surface area contributed by atoms with Crippen LogP contribution >= 0.6 is 0 Å². The number of anilines is 2. The highest BCUT2D eigenvalue weighted by atomic mass is 19.1. The summed E-state index contributed by atoms with van der Waals surface area (Å²) in [6.07, 6.45) is 1.02. The standard InChI is InChI=1S/C17H23FN4O2/c1-17(2,3)10-22(20)15-5-4-13(7-14(15)19)24-16-11(9-23)6-12(18)8-21-16/h4-8,23H,9-10,19-20H2,1-3H3. The lowest BCUT2D eigenvalue weighted by Crippen LogP contribution is -2.38. The smallest absolute Gasteiger partial charge is 0.224 e. The molecule has 5 N–H and O–H groups in total. The minimum Gasteiger partial charge on any atom is -0.439 e. The Labute approximate surface area is 140 Å². The molecule has 0 saturated heterocycles. The van der Waals surface area contributed by atoms with Crippen molar-refractivity contribution in [1.82, 2.24) is 4.98 Å². The average molecular weight is 334 g/mol. The molecule has 0 aliphatic carbocycles. The molecule has 1 aromatic carbocycles. The molecule has 0 amide bonds. The van der Waals surface area contributed by atoms with E-state index in [1.807, 2.05) is 0 Å². The predicted molar refractivity (Wildman–Crippen MR) is 92.0 cm³/mol. The van der Waals surface area contributed by atoms with Crippen LogP contribution in [0.5, 0.6) is 11.6 Å². The van der Waals surface area contributed by atoms with Crippen LogP contribution in [0, 0.1) is 11.2 Å². The summed E-state index contributed by atoms with van der Waals surface area (Å²) in [6, 6.07) is 6.23. The van der Waals surface area contributed by atoms with Crippen LogP contribution in [-0.4, -0.2) is 16.6 Å². The number of aromatic nitrogens is 1. The van der Waals surface area contributed by atoms with E-state index in [9.17, 15) is 9.50 Å². The first-order valence-corrected chi connectivity index (χ1v) is 7.54. The third-order valence-electron chi connectivity index (χ3n) is 3.23. The van der Waals surface area contributed by atoms with Crippen molar-refractivity contribution >= 4 is 11.4 Å². The van der Waals surface area contributed by atoms with E-state index >= 15 is 0 Å². The number of ether oxygens (including phenoxy) is 1. The first-order valence-electron chi connectivity index (χ1n) is 7.54. The molecule has 0 unspecified atom stereocenters. The summed E-state index contributed by atoms with van der Waals surface area (Å²) in [5.41, 5.74) is 7.47. The monoisotopic (exact) mass is 334 g/mol. The van der Waals surface area contributed by atoms with Crippen LogP contribution < -0.4 is 21.3 Å². The van der Waals surface area contributed by atoms with Crippen LogP contribution in [0.15, 0.2) is 30.5 Å². The number of aliphatic hydroxyl groups is 1. The Kier molecular flexibility index (Phi) is 5.26. The van der Waals surface area contributed by atoms with Crippen LogP contribution in [0.1, 0.15) is 26.3 Å². The number of hydrazine groups is 1. The Morgan fingerprint density at radius 3 is 2.58 bits per heavy atom. The molecule has 0 aliphatic rings. The SMILES string of the molecule is CC(C)(C)CN(N)c1ccc(Oc2ncc(F)cc2CO)cc1N. The Bertz CT molecular complexity index is 716. The second kappa shape index (κ2) is 7.02. The highest BCUT2D eigenvalue weighted by Gasteiger charge is 2.17. The number of benzene rings is 1. The lowest BCUT2D eigenvalue weighted by Gasteiger charge is -2.28. The summed E-state index contributed by atoms with van der Waals surface area (Å²) < 4.78 is 18.7. The van der Waals surface area contributed by atoms with E-state index in [0.29, 0.717) is 23.7 Å². The summed E-state index contributed by atoms with van der Waals surface area (Å²) in [5.74, 6) is 6.09. The second-order valence-electron chi connectivity index (χ2n) is 6.79. The fourth-order valence-electron chi connectivity index (χ4n) is 2.24. The average Bonchev–Trinajstić information content (AvgIpc) is 2.47. The van der Waals surface area contributed by atoms with Gasteiger partial charge in [-0.05, 0) is 23.6 Å². The van der Waals surface area contributed by atoms with Gasteiger partial charge in [0.15, 0.2) is 0 Å². The van der Waals surface area contributed by atoms with Crippen molar-refractivity contribution in [2.45, 2.75) is 27.4 Å². The highest BCUT2D eigenvalue weighted by Crippen LogP contribution is 2.31. The molecule has 2 aromatic rings. The fraction of sp³-hybridized carbons (Fsp3) is 0.353. The van der Waals surface area contributed by atoms with E-state index in [2.05, 4.69) is 25.8 Å². The minimum atomic E-state index is -0.540. The summed E-state index contributed by atoms with van der Waals surface area (Å²) in [6.45, 7) is 6.49. The van der Waals surface area contributed by atoms with Gasteiger partial charge in [-0.15, -0.1) is 0 Å². The van der Waals surface area contributed by atoms with Crippen LogP contribution in [0.2, 0.25) is 0 Å². The van der Waals surface area contributed by atoms with Gasteiger partial charge in [0.25, 0.3) is 0 Å². The van der Waals surface area contributed by atoms with E-state index in [0.717, 1.165) is 6.20 Å². The number of nitrogens with zero attached hydrogens (tertiary/aromatic N) is 2. The topological polar surface area (TPSA) is 97.6 Å². The maximum atomic E-state index is 13.1. The maximum Gasteiger partial charge on any atom is 0.224 e. The number of pyridine rings is 1. The zero-order chi connectivity index (χ0) is 17.9. The van der Waals surface area contributed by atoms with Crippen molar-refractivity contribution < 1.29 is 14.2 Å². The van der Waals surface area contributed by atoms with Gasteiger partial charge in [0.1, 0.15) is 11.6 Å². The van der Waals surface area contributed by atoms with Crippen molar-refractivity contribution in [3.8, 4) is 11.6 Å². The lowest BCUT2D eigenvalue weighted by molar-refractivity contribution is 0.274. The zero-order valence-corrected chi connectivity index (χ0v) is 14.1. The molecule has 0 fully saturated rings. The van der Waals surface area contributed by atoms with Crippen LogP contribution in [0.3, 0.4) is 0 Å². The lowest BCUT2D eigenvalue weighted by atomic mass is 9.96. The van der Waals surface area contributed by atoms with Gasteiger partial charge in [0.2, 0.25) is 5.88 Å². The van der Waals surface area contributed by atoms with Gasteiger partial charge in [0.05, 0.1) is 24.2 Å². The Hall–Kier alpha value is -2.38. The minimum absolute atomic E-state index is 0.0183. The van der Waals surface area contributed by atoms with Crippen LogP contribution in [0.4, 0.5) is 15.8 Å². The normalized spacial score (nSPS) is 11.4. The molecule has 24 heavy (non-hydrogen) atoms. The molecule has 0 radical (unpaired) electrons. The number of hydrogen-bond acceptors (Lipinski definition) is 6. The molecule has 0 aliphatic heterocycles. The zero-order valence-electron chi connectivity index (χ0n) is 14.1. The van der Waals surface area contributed by atoms with Gasteiger partial charge < -0.3 is 20.6 Å². The van der Waals surface area contributed by atoms with E-state index in [-0.39, 0.29) is 23.5 Å². The molecular weight excluding hydrogens is 311 g/mol. The Morgan fingerprint density at radius 1 is 1.29 bits per heavy atom. The van der Waals surface area contributed by atoms with Crippen molar-refractivity contribution in [2.24, 2.45) is 11.3 Å². The molecule has 0 saturated carbocycles. The molecule has 0 bridgehead atoms. The van der Waals surface area contributed by atoms with E-state index in [1.54, 1.807) is 23.2 Å². The molecule has 2 rings (SSSR count). The number of rotatable bonds is 5. The number of aliphatic hydroxyl groups excluding tert-OH is 1. The van der Waals surface area contributed by atoms with Gasteiger partial charge >= 0.3 is 0 Å². The van der Waals surface area contributed by atoms with Gasteiger partial charge in [-0.3, -0.25) is 0 Å². The van der Waals surface area contributed by atoms with Gasteiger partial charge in [0, 0.05) is 18.2 Å².